The van der Waals surface area contributed by atoms with Crippen LogP contribution in [0.5, 0.6) is 0 Å². The van der Waals surface area contributed by atoms with Crippen LogP contribution in [0.15, 0.2) is 35.5 Å². The Labute approximate surface area is 156 Å². The summed E-state index contributed by atoms with van der Waals surface area (Å²) in [5.41, 5.74) is -0.481. The highest BCUT2D eigenvalue weighted by Gasteiger charge is 2.57. The molecule has 26 heavy (non-hydrogen) atoms. The molecular formula is C14H10Cl2F3N3O3S. The molecule has 2 atom stereocenters. The third-order valence-corrected chi connectivity index (χ3v) is 5.75. The molecular weight excluding hydrogens is 418 g/mol. The summed E-state index contributed by atoms with van der Waals surface area (Å²) in [5.74, 6) is -2.72. The van der Waals surface area contributed by atoms with Crippen LogP contribution in [-0.4, -0.2) is 30.1 Å². The van der Waals surface area contributed by atoms with Gasteiger partial charge in [0.2, 0.25) is 0 Å². The number of sulfonamides is 1. The predicted molar refractivity (Wildman–Crippen MR) is 86.5 cm³/mol. The molecule has 0 bridgehead atoms. The maximum absolute atomic E-state index is 12.7. The Kier molecular flexibility index (Phi) is 4.70. The highest BCUT2D eigenvalue weighted by Crippen LogP contribution is 2.54. The zero-order valence-corrected chi connectivity index (χ0v) is 15.0. The first-order valence-electron chi connectivity index (χ1n) is 7.12. The Hall–Kier alpha value is -1.78. The highest BCUT2D eigenvalue weighted by atomic mass is 35.5. The fourth-order valence-electron chi connectivity index (χ4n) is 2.43. The molecule has 1 fully saturated rings. The standard InChI is InChI=1S/C14H10Cl2F3N3O3S/c15-7-2-1-3-8(4-7)26(24,25)21-13(23)11-12(16)22(6-20-11)10-5-9(10)14(17,18)19/h1-4,6,9-10H,5H2,(H,21,23). The van der Waals surface area contributed by atoms with Gasteiger partial charge in [0.15, 0.2) is 5.69 Å². The van der Waals surface area contributed by atoms with Crippen LogP contribution in [0, 0.1) is 5.92 Å². The quantitative estimate of drug-likeness (QED) is 0.810. The molecule has 1 heterocycles. The summed E-state index contributed by atoms with van der Waals surface area (Å²) < 4.78 is 65.2. The van der Waals surface area contributed by atoms with E-state index in [0.717, 1.165) is 17.0 Å². The maximum Gasteiger partial charge on any atom is 0.393 e. The molecule has 0 radical (unpaired) electrons. The number of imidazole rings is 1. The van der Waals surface area contributed by atoms with Crippen LogP contribution < -0.4 is 4.72 Å². The Balaban J connectivity index is 1.80. The van der Waals surface area contributed by atoms with Gasteiger partial charge in [-0.05, 0) is 24.6 Å². The number of carbonyl (C=O) groups excluding carboxylic acids is 1. The third kappa shape index (κ3) is 3.67. The summed E-state index contributed by atoms with van der Waals surface area (Å²) in [7, 11) is -4.25. The van der Waals surface area contributed by atoms with Crippen molar-refractivity contribution in [2.24, 2.45) is 5.92 Å². The van der Waals surface area contributed by atoms with Crippen molar-refractivity contribution in [2.75, 3.05) is 0 Å². The van der Waals surface area contributed by atoms with Crippen molar-refractivity contribution in [1.82, 2.24) is 14.3 Å². The van der Waals surface area contributed by atoms with Crippen molar-refractivity contribution in [1.29, 1.82) is 0 Å². The van der Waals surface area contributed by atoms with E-state index in [9.17, 15) is 26.4 Å². The normalized spacial score (nSPS) is 20.0. The molecule has 1 saturated carbocycles. The van der Waals surface area contributed by atoms with Gasteiger partial charge >= 0.3 is 6.18 Å². The molecule has 12 heteroatoms. The molecule has 1 aliphatic carbocycles. The van der Waals surface area contributed by atoms with E-state index >= 15 is 0 Å². The minimum absolute atomic E-state index is 0.148. The average Bonchev–Trinajstić information content (AvgIpc) is 3.23. The molecule has 0 aliphatic heterocycles. The van der Waals surface area contributed by atoms with Crippen LogP contribution in [0.1, 0.15) is 23.0 Å². The number of alkyl halides is 3. The van der Waals surface area contributed by atoms with Gasteiger partial charge in [-0.25, -0.2) is 18.1 Å². The van der Waals surface area contributed by atoms with Gasteiger partial charge in [0.1, 0.15) is 5.15 Å². The van der Waals surface area contributed by atoms with E-state index in [1.807, 2.05) is 0 Å². The first kappa shape index (κ1) is 19.0. The number of carbonyl (C=O) groups is 1. The SMILES string of the molecule is O=C(NS(=O)(=O)c1cccc(Cl)c1)c1ncn(C2CC2C(F)(F)F)c1Cl. The van der Waals surface area contributed by atoms with Gasteiger partial charge in [0, 0.05) is 11.1 Å². The van der Waals surface area contributed by atoms with Gasteiger partial charge < -0.3 is 4.57 Å². The maximum atomic E-state index is 12.7. The fraction of sp³-hybridized carbons (Fsp3) is 0.286. The summed E-state index contributed by atoms with van der Waals surface area (Å²) in [6, 6.07) is 4.23. The van der Waals surface area contributed by atoms with Gasteiger partial charge in [-0.15, -0.1) is 0 Å². The van der Waals surface area contributed by atoms with Crippen molar-refractivity contribution < 1.29 is 26.4 Å². The van der Waals surface area contributed by atoms with Crippen LogP contribution in [0.4, 0.5) is 13.2 Å². The monoisotopic (exact) mass is 427 g/mol. The van der Waals surface area contributed by atoms with Crippen molar-refractivity contribution in [3.05, 3.63) is 46.5 Å². The molecule has 1 aromatic heterocycles. The van der Waals surface area contributed by atoms with E-state index in [1.54, 1.807) is 4.72 Å². The van der Waals surface area contributed by atoms with Crippen LogP contribution in [0.3, 0.4) is 0 Å². The number of hydrogen-bond acceptors (Lipinski definition) is 4. The fourth-order valence-corrected chi connectivity index (χ4v) is 3.99. The van der Waals surface area contributed by atoms with E-state index < -0.39 is 39.8 Å². The lowest BCUT2D eigenvalue weighted by Gasteiger charge is -2.08. The zero-order chi connectivity index (χ0) is 19.3. The van der Waals surface area contributed by atoms with Gasteiger partial charge in [-0.3, -0.25) is 4.79 Å². The predicted octanol–water partition coefficient (Wildman–Crippen LogP) is 3.43. The minimum Gasteiger partial charge on any atom is -0.317 e. The van der Waals surface area contributed by atoms with Crippen LogP contribution in [0.25, 0.3) is 0 Å². The van der Waals surface area contributed by atoms with Crippen molar-refractivity contribution in [3.8, 4) is 0 Å². The molecule has 0 spiro atoms. The molecule has 1 aromatic carbocycles. The minimum atomic E-state index is -4.38. The molecule has 2 aromatic rings. The molecule has 1 aliphatic rings. The lowest BCUT2D eigenvalue weighted by Crippen LogP contribution is -2.31. The van der Waals surface area contributed by atoms with Crippen molar-refractivity contribution in [3.63, 3.8) is 0 Å². The summed E-state index contributed by atoms with van der Waals surface area (Å²) in [6.45, 7) is 0. The smallest absolute Gasteiger partial charge is 0.317 e. The second kappa shape index (κ2) is 6.43. The summed E-state index contributed by atoms with van der Waals surface area (Å²) in [6.07, 6.45) is -3.57. The average molecular weight is 428 g/mol. The van der Waals surface area contributed by atoms with Crippen LogP contribution in [-0.2, 0) is 10.0 Å². The number of aromatic nitrogens is 2. The van der Waals surface area contributed by atoms with E-state index in [-0.39, 0.29) is 21.5 Å². The van der Waals surface area contributed by atoms with E-state index in [1.165, 1.54) is 18.2 Å². The second-order valence-corrected chi connectivity index (χ2v) is 8.11. The summed E-state index contributed by atoms with van der Waals surface area (Å²) in [5, 5.41) is -0.213. The number of nitrogens with zero attached hydrogens (tertiary/aromatic N) is 2. The van der Waals surface area contributed by atoms with Gasteiger partial charge in [0.05, 0.1) is 17.1 Å². The van der Waals surface area contributed by atoms with Gasteiger partial charge in [-0.1, -0.05) is 29.3 Å². The van der Waals surface area contributed by atoms with E-state index in [4.69, 9.17) is 23.2 Å². The number of rotatable bonds is 4. The Morgan fingerprint density at radius 3 is 2.58 bits per heavy atom. The van der Waals surface area contributed by atoms with Crippen molar-refractivity contribution >= 4 is 39.1 Å². The largest absolute Gasteiger partial charge is 0.393 e. The Morgan fingerprint density at radius 2 is 2.00 bits per heavy atom. The second-order valence-electron chi connectivity index (χ2n) is 5.63. The third-order valence-electron chi connectivity index (χ3n) is 3.82. The van der Waals surface area contributed by atoms with Crippen LogP contribution in [0.2, 0.25) is 10.2 Å². The molecule has 2 unspecified atom stereocenters. The molecule has 0 saturated heterocycles. The van der Waals surface area contributed by atoms with Crippen LogP contribution >= 0.6 is 23.2 Å². The first-order valence-corrected chi connectivity index (χ1v) is 9.36. The molecule has 3 rings (SSSR count). The Bertz CT molecular complexity index is 975. The Morgan fingerprint density at radius 1 is 1.31 bits per heavy atom. The number of benzene rings is 1. The van der Waals surface area contributed by atoms with E-state index in [2.05, 4.69) is 4.98 Å². The highest BCUT2D eigenvalue weighted by molar-refractivity contribution is 7.90. The lowest BCUT2D eigenvalue weighted by molar-refractivity contribution is -0.150. The molecule has 1 N–H and O–H groups in total. The number of amides is 1. The topological polar surface area (TPSA) is 81.1 Å². The van der Waals surface area contributed by atoms with Gasteiger partial charge in [0.25, 0.3) is 15.9 Å². The summed E-state index contributed by atoms with van der Waals surface area (Å²) in [4.78, 5) is 15.6. The number of halogens is 5. The number of hydrogen-bond donors (Lipinski definition) is 1. The molecule has 1 amide bonds. The van der Waals surface area contributed by atoms with Gasteiger partial charge in [-0.2, -0.15) is 13.2 Å². The van der Waals surface area contributed by atoms with E-state index in [0.29, 0.717) is 0 Å². The zero-order valence-electron chi connectivity index (χ0n) is 12.7. The lowest BCUT2D eigenvalue weighted by atomic mass is 10.4. The number of nitrogens with one attached hydrogen (secondary N) is 1. The first-order chi connectivity index (χ1) is 12.0. The van der Waals surface area contributed by atoms with Crippen molar-refractivity contribution in [2.45, 2.75) is 23.5 Å². The summed E-state index contributed by atoms with van der Waals surface area (Å²) >= 11 is 11.6. The molecule has 6 nitrogen and oxygen atoms in total. The molecule has 140 valence electrons.